The number of hydrogen-bond acceptors (Lipinski definition) is 5. The number of carbonyl (C=O) groups is 1. The summed E-state index contributed by atoms with van der Waals surface area (Å²) in [7, 11) is 0. The van der Waals surface area contributed by atoms with Gasteiger partial charge in [0, 0.05) is 6.08 Å². The maximum atomic E-state index is 9.51. The van der Waals surface area contributed by atoms with Crippen LogP contribution in [0.1, 0.15) is 6.92 Å². The summed E-state index contributed by atoms with van der Waals surface area (Å²) in [4.78, 5) is 9.51. The summed E-state index contributed by atoms with van der Waals surface area (Å²) in [5.74, 6) is -0.891. The van der Waals surface area contributed by atoms with Gasteiger partial charge in [-0.2, -0.15) is 0 Å². The highest BCUT2D eigenvalue weighted by atomic mass is 16.5. The monoisotopic (exact) mass is 236 g/mol. The summed E-state index contributed by atoms with van der Waals surface area (Å²) in [6.07, 6.45) is 2.56. The van der Waals surface area contributed by atoms with Crippen LogP contribution in [0.4, 0.5) is 0 Å². The van der Waals surface area contributed by atoms with Crippen LogP contribution in [0.15, 0.2) is 12.2 Å². The van der Waals surface area contributed by atoms with Crippen molar-refractivity contribution in [3.05, 3.63) is 12.2 Å². The Labute approximate surface area is 95.1 Å². The summed E-state index contributed by atoms with van der Waals surface area (Å²) in [5.41, 5.74) is 0. The largest absolute Gasteiger partial charge is 0.478 e. The molecule has 0 aliphatic carbocycles. The lowest BCUT2D eigenvalue weighted by Gasteiger charge is -2.01. The van der Waals surface area contributed by atoms with Gasteiger partial charge in [-0.05, 0) is 6.92 Å². The molecule has 0 radical (unpaired) electrons. The molecular formula is C10H20O6. The van der Waals surface area contributed by atoms with E-state index in [1.165, 1.54) is 6.08 Å². The zero-order valence-electron chi connectivity index (χ0n) is 9.46. The number of carboxylic acid groups (broad SMARTS) is 1. The molecule has 0 unspecified atom stereocenters. The maximum Gasteiger partial charge on any atom is 0.327 e. The number of aliphatic hydroxyl groups is 2. The second kappa shape index (κ2) is 16.5. The Hall–Kier alpha value is -0.950. The van der Waals surface area contributed by atoms with Gasteiger partial charge in [0.25, 0.3) is 0 Å². The van der Waals surface area contributed by atoms with Gasteiger partial charge in [0.05, 0.1) is 39.6 Å². The molecule has 0 spiro atoms. The van der Waals surface area contributed by atoms with E-state index < -0.39 is 5.97 Å². The molecule has 0 heterocycles. The lowest BCUT2D eigenvalue weighted by atomic mass is 10.5. The number of carboxylic acids is 1. The summed E-state index contributed by atoms with van der Waals surface area (Å²) in [5, 5.41) is 24.4. The van der Waals surface area contributed by atoms with E-state index in [0.717, 1.165) is 6.08 Å². The number of rotatable bonds is 8. The molecule has 6 heteroatoms. The van der Waals surface area contributed by atoms with Gasteiger partial charge in [-0.25, -0.2) is 4.79 Å². The smallest absolute Gasteiger partial charge is 0.327 e. The van der Waals surface area contributed by atoms with Crippen LogP contribution in [0, 0.1) is 0 Å². The van der Waals surface area contributed by atoms with Gasteiger partial charge < -0.3 is 24.8 Å². The Morgan fingerprint density at radius 2 is 1.50 bits per heavy atom. The van der Waals surface area contributed by atoms with Gasteiger partial charge in [0.2, 0.25) is 0 Å². The summed E-state index contributed by atoms with van der Waals surface area (Å²) >= 11 is 0. The lowest BCUT2D eigenvalue weighted by Crippen LogP contribution is -2.09. The Kier molecular flexibility index (Phi) is 18.0. The molecule has 0 aromatic rings. The van der Waals surface area contributed by atoms with Crippen molar-refractivity contribution in [1.29, 1.82) is 0 Å². The number of aliphatic carboxylic acids is 1. The van der Waals surface area contributed by atoms with E-state index in [2.05, 4.69) is 0 Å². The molecule has 0 rings (SSSR count). The van der Waals surface area contributed by atoms with Crippen LogP contribution in [0.2, 0.25) is 0 Å². The highest BCUT2D eigenvalue weighted by Gasteiger charge is 1.86. The number of allylic oxidation sites excluding steroid dienone is 1. The van der Waals surface area contributed by atoms with Crippen LogP contribution in [-0.2, 0) is 14.3 Å². The molecule has 0 aromatic heterocycles. The van der Waals surface area contributed by atoms with E-state index in [1.807, 2.05) is 0 Å². The normalized spacial score (nSPS) is 9.94. The van der Waals surface area contributed by atoms with E-state index in [-0.39, 0.29) is 13.2 Å². The van der Waals surface area contributed by atoms with Crippen molar-refractivity contribution in [3.63, 3.8) is 0 Å². The fraction of sp³-hybridized carbons (Fsp3) is 0.700. The molecule has 6 nitrogen and oxygen atoms in total. The van der Waals surface area contributed by atoms with E-state index in [0.29, 0.717) is 26.4 Å². The summed E-state index contributed by atoms with van der Waals surface area (Å²) < 4.78 is 9.75. The van der Waals surface area contributed by atoms with Crippen molar-refractivity contribution in [1.82, 2.24) is 0 Å². The summed E-state index contributed by atoms with van der Waals surface area (Å²) in [6.45, 7) is 3.39. The van der Waals surface area contributed by atoms with Crippen LogP contribution in [-0.4, -0.2) is 60.9 Å². The minimum atomic E-state index is -0.891. The van der Waals surface area contributed by atoms with E-state index >= 15 is 0 Å². The second-order valence-corrected chi connectivity index (χ2v) is 2.51. The fourth-order valence-electron chi connectivity index (χ4n) is 0.594. The quantitative estimate of drug-likeness (QED) is 0.394. The molecule has 0 amide bonds. The molecule has 96 valence electrons. The van der Waals surface area contributed by atoms with Crippen molar-refractivity contribution in [3.8, 4) is 0 Å². The Balaban J connectivity index is 0. The van der Waals surface area contributed by atoms with E-state index in [4.69, 9.17) is 24.8 Å². The lowest BCUT2D eigenvalue weighted by molar-refractivity contribution is -0.131. The molecule has 0 aromatic carbocycles. The van der Waals surface area contributed by atoms with Gasteiger partial charge in [-0.3, -0.25) is 0 Å². The molecule has 0 aliphatic rings. The molecule has 3 N–H and O–H groups in total. The van der Waals surface area contributed by atoms with Crippen molar-refractivity contribution in [2.24, 2.45) is 0 Å². The van der Waals surface area contributed by atoms with Crippen LogP contribution in [0.5, 0.6) is 0 Å². The van der Waals surface area contributed by atoms with Crippen molar-refractivity contribution < 1.29 is 29.6 Å². The Bertz CT molecular complexity index is 161. The van der Waals surface area contributed by atoms with Crippen molar-refractivity contribution in [2.75, 3.05) is 39.6 Å². The maximum absolute atomic E-state index is 9.51. The van der Waals surface area contributed by atoms with Crippen LogP contribution in [0.3, 0.4) is 0 Å². The van der Waals surface area contributed by atoms with Gasteiger partial charge in [0.1, 0.15) is 0 Å². The molecule has 0 saturated carbocycles. The molecule has 16 heavy (non-hydrogen) atoms. The fourth-order valence-corrected chi connectivity index (χ4v) is 0.594. The Morgan fingerprint density at radius 1 is 1.06 bits per heavy atom. The molecule has 0 atom stereocenters. The van der Waals surface area contributed by atoms with Crippen LogP contribution >= 0.6 is 0 Å². The van der Waals surface area contributed by atoms with Crippen LogP contribution in [0.25, 0.3) is 0 Å². The van der Waals surface area contributed by atoms with Crippen LogP contribution < -0.4 is 0 Å². The Morgan fingerprint density at radius 3 is 1.69 bits per heavy atom. The molecule has 0 fully saturated rings. The van der Waals surface area contributed by atoms with Gasteiger partial charge in [-0.15, -0.1) is 0 Å². The minimum absolute atomic E-state index is 0.0417. The minimum Gasteiger partial charge on any atom is -0.478 e. The number of aliphatic hydroxyl groups excluding tert-OH is 2. The average Bonchev–Trinajstić information content (AvgIpc) is 2.24. The summed E-state index contributed by atoms with van der Waals surface area (Å²) in [6, 6.07) is 0. The SMILES string of the molecule is CC=CC(=O)O.OCCOCCOCCO. The standard InChI is InChI=1S/C6H14O4.C4H6O2/c7-1-3-9-5-6-10-4-2-8;1-2-3-4(5)6/h7-8H,1-6H2;2-3H,1H3,(H,5,6). The van der Waals surface area contributed by atoms with Gasteiger partial charge in [-0.1, -0.05) is 6.08 Å². The number of hydrogen-bond donors (Lipinski definition) is 3. The zero-order valence-corrected chi connectivity index (χ0v) is 9.46. The van der Waals surface area contributed by atoms with Gasteiger partial charge >= 0.3 is 5.97 Å². The first-order valence-electron chi connectivity index (χ1n) is 4.91. The number of ether oxygens (including phenoxy) is 2. The molecule has 0 aliphatic heterocycles. The molecule has 0 bridgehead atoms. The van der Waals surface area contributed by atoms with E-state index in [1.54, 1.807) is 6.92 Å². The predicted molar refractivity (Wildman–Crippen MR) is 58.3 cm³/mol. The van der Waals surface area contributed by atoms with E-state index in [9.17, 15) is 4.79 Å². The van der Waals surface area contributed by atoms with Crippen molar-refractivity contribution >= 4 is 5.97 Å². The highest BCUT2D eigenvalue weighted by Crippen LogP contribution is 1.76. The molecular weight excluding hydrogens is 216 g/mol. The second-order valence-electron chi connectivity index (χ2n) is 2.51. The first kappa shape index (κ1) is 17.4. The highest BCUT2D eigenvalue weighted by molar-refractivity contribution is 5.79. The predicted octanol–water partition coefficient (Wildman–Crippen LogP) is -0.349. The van der Waals surface area contributed by atoms with Gasteiger partial charge in [0.15, 0.2) is 0 Å². The first-order chi connectivity index (χ1) is 7.68. The third-order valence-corrected chi connectivity index (χ3v) is 1.15. The topological polar surface area (TPSA) is 96.2 Å². The third-order valence-electron chi connectivity index (χ3n) is 1.15. The molecule has 0 saturated heterocycles. The van der Waals surface area contributed by atoms with Crippen molar-refractivity contribution in [2.45, 2.75) is 6.92 Å². The average molecular weight is 236 g/mol. The first-order valence-corrected chi connectivity index (χ1v) is 4.91. The third kappa shape index (κ3) is 23.1. The zero-order chi connectivity index (χ0) is 12.6.